The molecule has 1 saturated heterocycles. The number of hydrogen-bond acceptors (Lipinski definition) is 2. The molecule has 5 rings (SSSR count). The molecule has 2 aliphatic rings. The van der Waals surface area contributed by atoms with E-state index < -0.39 is 13.5 Å². The first-order valence-corrected chi connectivity index (χ1v) is 19.8. The van der Waals surface area contributed by atoms with E-state index >= 15 is 0 Å². The van der Waals surface area contributed by atoms with E-state index in [1.54, 1.807) is 12.2 Å². The zero-order valence-electron chi connectivity index (χ0n) is 25.0. The van der Waals surface area contributed by atoms with Crippen molar-refractivity contribution in [3.63, 3.8) is 0 Å². The van der Waals surface area contributed by atoms with Crippen molar-refractivity contribution in [2.45, 2.75) is 71.7 Å². The molecule has 2 aliphatic heterocycles. The smallest absolute Gasteiger partial charge is 0.0983 e. The second-order valence-corrected chi connectivity index (χ2v) is 17.0. The number of anilines is 1. The normalized spacial score (nSPS) is 18.1. The number of ether oxygens (including phenoxy) is 1. The Morgan fingerprint density at radius 3 is 2.07 bits per heavy atom. The van der Waals surface area contributed by atoms with Gasteiger partial charge in [0.25, 0.3) is 0 Å². The summed E-state index contributed by atoms with van der Waals surface area (Å²) in [4.78, 5) is 4.42. The van der Waals surface area contributed by atoms with Crippen molar-refractivity contribution >= 4 is 29.7 Å². The van der Waals surface area contributed by atoms with Gasteiger partial charge in [-0.15, -0.1) is 0 Å². The summed E-state index contributed by atoms with van der Waals surface area (Å²) in [6.07, 6.45) is 5.60. The molecule has 0 spiro atoms. The van der Waals surface area contributed by atoms with Crippen LogP contribution in [0.15, 0.2) is 97.0 Å². The van der Waals surface area contributed by atoms with Gasteiger partial charge < -0.3 is 9.80 Å². The first-order chi connectivity index (χ1) is 20.1. The predicted molar refractivity (Wildman–Crippen MR) is 175 cm³/mol. The summed E-state index contributed by atoms with van der Waals surface area (Å²) in [5, 5.41) is 0. The van der Waals surface area contributed by atoms with Gasteiger partial charge in [-0.25, -0.2) is 10.9 Å². The van der Waals surface area contributed by atoms with Crippen molar-refractivity contribution in [3.8, 4) is 5.75 Å². The third kappa shape index (κ3) is 7.73. The second-order valence-electron chi connectivity index (χ2n) is 11.3. The molecule has 2 atom stereocenters. The van der Waals surface area contributed by atoms with Crippen LogP contribution in [0.3, 0.4) is 0 Å². The predicted octanol–water partition coefficient (Wildman–Crippen LogP) is 10.1. The number of fused-ring (bicyclic) bond motifs is 1. The summed E-state index contributed by atoms with van der Waals surface area (Å²) in [7, 11) is 11.7. The Morgan fingerprint density at radius 2 is 1.48 bits per heavy atom. The SMILES string of the molecule is CC(C)[OH+]c1ccccc1[CH]=[Ru]([Cl])[Cl].CC(C)c1cccc(C(C)C)c1N1[CH-]C2C(F)=CC=CN2C1c1ccccc1. The van der Waals surface area contributed by atoms with Crippen molar-refractivity contribution < 1.29 is 22.6 Å². The third-order valence-electron chi connectivity index (χ3n) is 7.18. The largest absolute Gasteiger partial charge is 0.498 e. The molecular formula is C35H41Cl2FN2ORu. The molecule has 2 unspecified atom stereocenters. The summed E-state index contributed by atoms with van der Waals surface area (Å²) in [5.74, 6) is 1.63. The van der Waals surface area contributed by atoms with E-state index in [1.165, 1.54) is 16.8 Å². The summed E-state index contributed by atoms with van der Waals surface area (Å²) >= 11 is -1.75. The van der Waals surface area contributed by atoms with Crippen LogP contribution in [-0.4, -0.2) is 26.4 Å². The average molecular weight is 697 g/mol. The fourth-order valence-electron chi connectivity index (χ4n) is 5.34. The number of allylic oxidation sites excluding steroid dienone is 2. The number of halogens is 3. The van der Waals surface area contributed by atoms with E-state index in [1.807, 2.05) is 55.0 Å². The topological polar surface area (TPSA) is 19.3 Å². The van der Waals surface area contributed by atoms with Crippen molar-refractivity contribution in [1.29, 1.82) is 0 Å². The Morgan fingerprint density at radius 1 is 0.857 bits per heavy atom. The molecule has 1 N–H and O–H groups in total. The van der Waals surface area contributed by atoms with Crippen LogP contribution in [0, 0.1) is 6.54 Å². The molecule has 0 aromatic heterocycles. The van der Waals surface area contributed by atoms with E-state index in [4.69, 9.17) is 19.4 Å². The molecule has 0 radical (unpaired) electrons. The average Bonchev–Trinajstić information content (AvgIpc) is 3.34. The van der Waals surface area contributed by atoms with E-state index in [0.717, 1.165) is 16.9 Å². The summed E-state index contributed by atoms with van der Waals surface area (Å²) < 4.78 is 21.2. The minimum absolute atomic E-state index is 0.0701. The Bertz CT molecular complexity index is 1410. The van der Waals surface area contributed by atoms with Crippen molar-refractivity contribution in [2.75, 3.05) is 4.90 Å². The third-order valence-corrected chi connectivity index (χ3v) is 9.02. The van der Waals surface area contributed by atoms with E-state index in [-0.39, 0.29) is 24.1 Å². The summed E-state index contributed by atoms with van der Waals surface area (Å²) in [6, 6.07) is 24.5. The van der Waals surface area contributed by atoms with Gasteiger partial charge in [0.15, 0.2) is 0 Å². The second kappa shape index (κ2) is 14.8. The van der Waals surface area contributed by atoms with Gasteiger partial charge in [0.1, 0.15) is 0 Å². The zero-order valence-corrected chi connectivity index (χ0v) is 28.3. The molecule has 3 aromatic rings. The van der Waals surface area contributed by atoms with Gasteiger partial charge in [0, 0.05) is 5.69 Å². The molecule has 7 heteroatoms. The van der Waals surface area contributed by atoms with E-state index in [2.05, 4.69) is 91.2 Å². The van der Waals surface area contributed by atoms with Gasteiger partial charge in [-0.1, -0.05) is 76.2 Å². The minimum Gasteiger partial charge on any atom is -0.498 e. The maximum Gasteiger partial charge on any atom is 0.0983 e. The molecule has 0 aliphatic carbocycles. The number of benzene rings is 3. The number of aromatic hydroxyl groups is 1. The Hall–Kier alpha value is -2.46. The zero-order chi connectivity index (χ0) is 30.4. The maximum atomic E-state index is 14.7. The molecule has 1 fully saturated rings. The van der Waals surface area contributed by atoms with Crippen LogP contribution >= 0.6 is 19.4 Å². The van der Waals surface area contributed by atoms with Gasteiger partial charge >= 0.3 is 97.8 Å². The molecule has 3 aromatic carbocycles. The van der Waals surface area contributed by atoms with Crippen LogP contribution in [-0.2, 0) is 13.5 Å². The molecule has 226 valence electrons. The molecule has 2 heterocycles. The molecule has 0 saturated carbocycles. The molecule has 0 bridgehead atoms. The van der Waals surface area contributed by atoms with Crippen LogP contribution < -0.4 is 4.90 Å². The van der Waals surface area contributed by atoms with Gasteiger partial charge in [-0.3, -0.25) is 0 Å². The summed E-state index contributed by atoms with van der Waals surface area (Å²) in [6.45, 7) is 15.1. The number of hydrogen-bond donors (Lipinski definition) is 0. The molecule has 42 heavy (non-hydrogen) atoms. The quantitative estimate of drug-likeness (QED) is 0.139. The number of para-hydroxylation sites is 2. The van der Waals surface area contributed by atoms with Crippen LogP contribution in [0.4, 0.5) is 10.1 Å². The number of rotatable bonds is 7. The maximum absolute atomic E-state index is 14.7. The van der Waals surface area contributed by atoms with Crippen LogP contribution in [0.2, 0.25) is 0 Å². The standard InChI is InChI=1S/C25H28FN2.C10H12O.2ClH.Ru/c1-17(2)20-12-8-13-21(18(3)4)24(20)28-16-23-22(26)14-9-15-27(23)25(28)19-10-6-5-7-11-19;1-8(2)11-10-7-5-4-6-9(10)3;;;/h5-18,23,25H,1-4H3;3-8H,1-2H3;2*1H;/q-1;;;;+2/p-1. The van der Waals surface area contributed by atoms with Crippen molar-refractivity contribution in [3.05, 3.63) is 126 Å². The first kappa shape index (κ1) is 32.5. The fraction of sp³-hybridized carbons (Fsp3) is 0.314. The van der Waals surface area contributed by atoms with E-state index in [9.17, 15) is 4.39 Å². The molecular weight excluding hydrogens is 655 g/mol. The Kier molecular flexibility index (Phi) is 11.5. The van der Waals surface area contributed by atoms with Crippen molar-refractivity contribution in [2.24, 2.45) is 0 Å². The van der Waals surface area contributed by atoms with Gasteiger partial charge in [0.2, 0.25) is 0 Å². The van der Waals surface area contributed by atoms with Crippen LogP contribution in [0.5, 0.6) is 5.75 Å². The fourth-order valence-corrected chi connectivity index (χ4v) is 7.16. The molecule has 0 amide bonds. The molecule has 3 nitrogen and oxygen atoms in total. The first-order valence-electron chi connectivity index (χ1n) is 14.3. The van der Waals surface area contributed by atoms with Gasteiger partial charge in [-0.05, 0) is 52.9 Å². The monoisotopic (exact) mass is 696 g/mol. The minimum atomic E-state index is -1.75. The van der Waals surface area contributed by atoms with Crippen LogP contribution in [0.1, 0.15) is 81.8 Å². The summed E-state index contributed by atoms with van der Waals surface area (Å²) in [5.41, 5.74) is 6.03. The van der Waals surface area contributed by atoms with Crippen LogP contribution in [0.25, 0.3) is 0 Å². The van der Waals surface area contributed by atoms with Gasteiger partial charge in [0.05, 0.1) is 12.0 Å². The Balaban J connectivity index is 0.000000244. The van der Waals surface area contributed by atoms with Crippen molar-refractivity contribution in [1.82, 2.24) is 4.90 Å². The van der Waals surface area contributed by atoms with E-state index in [0.29, 0.717) is 11.8 Å². The van der Waals surface area contributed by atoms with Gasteiger partial charge in [-0.2, -0.15) is 0 Å². The number of aliphatic hydroxyl groups is 1. The number of nitrogens with zero attached hydrogens (tertiary/aromatic N) is 2. The Labute approximate surface area is 264 Å².